The molecule has 2 atom stereocenters. The van der Waals surface area contributed by atoms with Crippen molar-refractivity contribution in [3.05, 3.63) is 56.6 Å². The van der Waals surface area contributed by atoms with Gasteiger partial charge >= 0.3 is 0 Å². The second-order valence-electron chi connectivity index (χ2n) is 5.54. The summed E-state index contributed by atoms with van der Waals surface area (Å²) in [6.45, 7) is 4.00. The van der Waals surface area contributed by atoms with Crippen LogP contribution in [0.1, 0.15) is 23.8 Å². The highest BCUT2D eigenvalue weighted by Gasteiger charge is 2.29. The van der Waals surface area contributed by atoms with Crippen LogP contribution in [-0.2, 0) is 0 Å². The minimum atomic E-state index is 0.0144. The van der Waals surface area contributed by atoms with Gasteiger partial charge in [0.2, 0.25) is 5.88 Å². The third kappa shape index (κ3) is 3.53. The van der Waals surface area contributed by atoms with Gasteiger partial charge in [0.25, 0.3) is 0 Å². The highest BCUT2D eigenvalue weighted by molar-refractivity contribution is 9.11. The second kappa shape index (κ2) is 7.11. The number of hydrogen-bond donors (Lipinski definition) is 1. The number of hydrogen-bond acceptors (Lipinski definition) is 3. The molecule has 1 aliphatic heterocycles. The van der Waals surface area contributed by atoms with Crippen molar-refractivity contribution >= 4 is 31.9 Å². The van der Waals surface area contributed by atoms with E-state index < -0.39 is 0 Å². The Labute approximate surface area is 147 Å². The van der Waals surface area contributed by atoms with E-state index in [1.54, 1.807) is 0 Å². The van der Waals surface area contributed by atoms with Crippen LogP contribution in [0.2, 0.25) is 0 Å². The monoisotopic (exact) mass is 424 g/mol. The number of nitrogens with zero attached hydrogens (tertiary/aromatic N) is 1. The van der Waals surface area contributed by atoms with Gasteiger partial charge in [-0.25, -0.2) is 4.98 Å². The number of aromatic nitrogens is 1. The van der Waals surface area contributed by atoms with Crippen molar-refractivity contribution in [3.8, 4) is 5.88 Å². The average Bonchev–Trinajstić information content (AvgIpc) is 3.04. The summed E-state index contributed by atoms with van der Waals surface area (Å²) in [7, 11) is 0. The van der Waals surface area contributed by atoms with E-state index in [1.165, 1.54) is 5.56 Å². The lowest BCUT2D eigenvalue weighted by Gasteiger charge is -2.25. The molecular formula is C17H18Br2N2O. The predicted octanol–water partition coefficient (Wildman–Crippen LogP) is 4.64. The number of benzene rings is 1. The zero-order valence-corrected chi connectivity index (χ0v) is 15.5. The summed E-state index contributed by atoms with van der Waals surface area (Å²) >= 11 is 7.06. The Balaban J connectivity index is 1.92. The van der Waals surface area contributed by atoms with E-state index in [-0.39, 0.29) is 6.10 Å². The standard InChI is InChI=1S/C17H18Br2N2O/c1-11-14(18)9-15(19)17(21-11)22-16(13-7-8-20-10-13)12-5-3-2-4-6-12/h2-6,9,13,16,20H,7-8,10H2,1H3/t13-,16-/m0/s1. The fraction of sp³-hybridized carbons (Fsp3) is 0.353. The quantitative estimate of drug-likeness (QED) is 0.774. The first-order chi connectivity index (χ1) is 10.6. The minimum absolute atomic E-state index is 0.0144. The average molecular weight is 426 g/mol. The van der Waals surface area contributed by atoms with Crippen LogP contribution >= 0.6 is 31.9 Å². The van der Waals surface area contributed by atoms with Gasteiger partial charge in [0, 0.05) is 16.9 Å². The fourth-order valence-corrected chi connectivity index (χ4v) is 3.79. The first-order valence-corrected chi connectivity index (χ1v) is 8.98. The van der Waals surface area contributed by atoms with Crippen LogP contribution in [0.3, 0.4) is 0 Å². The van der Waals surface area contributed by atoms with Gasteiger partial charge in [0.1, 0.15) is 6.10 Å². The maximum Gasteiger partial charge on any atom is 0.228 e. The SMILES string of the molecule is Cc1nc(O[C@@H](c2ccccc2)[C@H]2CCNC2)c(Br)cc1Br. The first kappa shape index (κ1) is 16.0. The highest BCUT2D eigenvalue weighted by Crippen LogP contribution is 2.35. The first-order valence-electron chi connectivity index (χ1n) is 7.40. The summed E-state index contributed by atoms with van der Waals surface area (Å²) in [5.74, 6) is 1.11. The maximum atomic E-state index is 6.33. The predicted molar refractivity (Wildman–Crippen MR) is 95.2 cm³/mol. The van der Waals surface area contributed by atoms with Gasteiger partial charge in [-0.2, -0.15) is 0 Å². The highest BCUT2D eigenvalue weighted by atomic mass is 79.9. The number of nitrogens with one attached hydrogen (secondary N) is 1. The van der Waals surface area contributed by atoms with Crippen molar-refractivity contribution in [2.45, 2.75) is 19.4 Å². The van der Waals surface area contributed by atoms with Crippen LogP contribution in [0.15, 0.2) is 45.3 Å². The zero-order valence-electron chi connectivity index (χ0n) is 12.4. The normalized spacial score (nSPS) is 19.1. The molecule has 2 aromatic rings. The molecule has 3 rings (SSSR count). The van der Waals surface area contributed by atoms with Crippen LogP contribution in [-0.4, -0.2) is 18.1 Å². The second-order valence-corrected chi connectivity index (χ2v) is 7.25. The Kier molecular flexibility index (Phi) is 5.16. The largest absolute Gasteiger partial charge is 0.468 e. The Morgan fingerprint density at radius 3 is 2.68 bits per heavy atom. The molecule has 0 saturated carbocycles. The number of ether oxygens (including phenoxy) is 1. The van der Waals surface area contributed by atoms with E-state index in [1.807, 2.05) is 19.1 Å². The molecule has 1 N–H and O–H groups in total. The zero-order chi connectivity index (χ0) is 15.5. The summed E-state index contributed by atoms with van der Waals surface area (Å²) in [6, 6.07) is 12.4. The van der Waals surface area contributed by atoms with Gasteiger partial charge in [-0.3, -0.25) is 0 Å². The Bertz CT molecular complexity index is 643. The molecule has 1 fully saturated rings. The van der Waals surface area contributed by atoms with Crippen LogP contribution in [0.5, 0.6) is 5.88 Å². The van der Waals surface area contributed by atoms with E-state index in [9.17, 15) is 0 Å². The van der Waals surface area contributed by atoms with Crippen molar-refractivity contribution in [1.82, 2.24) is 10.3 Å². The van der Waals surface area contributed by atoms with E-state index in [2.05, 4.69) is 66.4 Å². The Morgan fingerprint density at radius 1 is 1.23 bits per heavy atom. The summed E-state index contributed by atoms with van der Waals surface area (Å²) < 4.78 is 8.18. The van der Waals surface area contributed by atoms with Crippen molar-refractivity contribution in [1.29, 1.82) is 0 Å². The number of pyridine rings is 1. The third-order valence-electron chi connectivity index (χ3n) is 3.97. The molecule has 1 aromatic carbocycles. The smallest absolute Gasteiger partial charge is 0.228 e. The van der Waals surface area contributed by atoms with Crippen molar-refractivity contribution in [3.63, 3.8) is 0 Å². The topological polar surface area (TPSA) is 34.1 Å². The molecule has 2 heterocycles. The lowest BCUT2D eigenvalue weighted by Crippen LogP contribution is -2.22. The Hall–Kier alpha value is -0.910. The molecule has 0 amide bonds. The molecule has 116 valence electrons. The van der Waals surface area contributed by atoms with Crippen LogP contribution in [0, 0.1) is 12.8 Å². The molecule has 0 unspecified atom stereocenters. The van der Waals surface area contributed by atoms with Crippen LogP contribution in [0.25, 0.3) is 0 Å². The van der Waals surface area contributed by atoms with Crippen molar-refractivity contribution in [2.75, 3.05) is 13.1 Å². The van der Waals surface area contributed by atoms with Gasteiger partial charge in [0.15, 0.2) is 0 Å². The summed E-state index contributed by atoms with van der Waals surface area (Å²) in [4.78, 5) is 4.57. The maximum absolute atomic E-state index is 6.33. The molecule has 0 bridgehead atoms. The van der Waals surface area contributed by atoms with Crippen molar-refractivity contribution < 1.29 is 4.74 Å². The Morgan fingerprint density at radius 2 is 2.00 bits per heavy atom. The van der Waals surface area contributed by atoms with E-state index >= 15 is 0 Å². The molecule has 1 aliphatic rings. The molecule has 0 spiro atoms. The molecule has 5 heteroatoms. The van der Waals surface area contributed by atoms with Crippen molar-refractivity contribution in [2.24, 2.45) is 5.92 Å². The fourth-order valence-electron chi connectivity index (χ4n) is 2.75. The van der Waals surface area contributed by atoms with Gasteiger partial charge in [-0.1, -0.05) is 30.3 Å². The molecule has 22 heavy (non-hydrogen) atoms. The van der Waals surface area contributed by atoms with Gasteiger partial charge in [-0.15, -0.1) is 0 Å². The molecule has 1 aromatic heterocycles. The summed E-state index contributed by atoms with van der Waals surface area (Å²) in [5, 5.41) is 3.42. The van der Waals surface area contributed by atoms with Gasteiger partial charge < -0.3 is 10.1 Å². The summed E-state index contributed by atoms with van der Waals surface area (Å²) in [6.07, 6.45) is 1.13. The number of halogens is 2. The third-order valence-corrected chi connectivity index (χ3v) is 5.34. The van der Waals surface area contributed by atoms with E-state index in [0.717, 1.165) is 34.1 Å². The number of rotatable bonds is 4. The molecule has 0 aliphatic carbocycles. The molecule has 3 nitrogen and oxygen atoms in total. The summed E-state index contributed by atoms with van der Waals surface area (Å²) in [5.41, 5.74) is 2.13. The van der Waals surface area contributed by atoms with E-state index in [0.29, 0.717) is 11.8 Å². The van der Waals surface area contributed by atoms with Crippen LogP contribution in [0.4, 0.5) is 0 Å². The lowest BCUT2D eigenvalue weighted by molar-refractivity contribution is 0.136. The lowest BCUT2D eigenvalue weighted by atomic mass is 9.95. The van der Waals surface area contributed by atoms with Crippen LogP contribution < -0.4 is 10.1 Å². The minimum Gasteiger partial charge on any atom is -0.468 e. The van der Waals surface area contributed by atoms with Gasteiger partial charge in [0.05, 0.1) is 10.2 Å². The van der Waals surface area contributed by atoms with Gasteiger partial charge in [-0.05, 0) is 63.4 Å². The van der Waals surface area contributed by atoms with E-state index in [4.69, 9.17) is 4.74 Å². The molecule has 1 saturated heterocycles. The molecular weight excluding hydrogens is 408 g/mol. The number of aryl methyl sites for hydroxylation is 1. The molecule has 0 radical (unpaired) electrons.